The molecule has 1 unspecified atom stereocenters. The minimum atomic E-state index is -1.12. The number of nitrogens with two attached hydrogens (primary N) is 1. The third-order valence-electron chi connectivity index (χ3n) is 5.06. The maximum atomic E-state index is 13.2. The van der Waals surface area contributed by atoms with Crippen molar-refractivity contribution >= 4 is 46.7 Å². The van der Waals surface area contributed by atoms with Gasteiger partial charge in [0.05, 0.1) is 10.0 Å². The lowest BCUT2D eigenvalue weighted by Crippen LogP contribution is -2.64. The molecule has 10 heteroatoms. The largest absolute Gasteiger partial charge is 0.351 e. The van der Waals surface area contributed by atoms with Crippen LogP contribution in [0, 0.1) is 6.92 Å². The molecular weight excluding hydrogens is 453 g/mol. The molecule has 3 rings (SSSR count). The van der Waals surface area contributed by atoms with Crippen molar-refractivity contribution < 1.29 is 14.4 Å². The summed E-state index contributed by atoms with van der Waals surface area (Å²) in [5.41, 5.74) is 7.40. The predicted molar refractivity (Wildman–Crippen MR) is 125 cm³/mol. The van der Waals surface area contributed by atoms with Gasteiger partial charge in [0, 0.05) is 37.4 Å². The Labute approximate surface area is 196 Å². The average molecular weight is 478 g/mol. The molecule has 4 amide bonds. The highest BCUT2D eigenvalue weighted by Gasteiger charge is 2.40. The molecule has 1 heterocycles. The summed E-state index contributed by atoms with van der Waals surface area (Å²) in [6.45, 7) is 3.02. The van der Waals surface area contributed by atoms with Crippen LogP contribution in [0.4, 0.5) is 10.5 Å². The van der Waals surface area contributed by atoms with Crippen molar-refractivity contribution in [3.05, 3.63) is 63.6 Å². The van der Waals surface area contributed by atoms with Gasteiger partial charge in [0.25, 0.3) is 11.8 Å². The Morgan fingerprint density at radius 3 is 2.38 bits per heavy atom. The van der Waals surface area contributed by atoms with Crippen molar-refractivity contribution in [1.82, 2.24) is 15.1 Å². The summed E-state index contributed by atoms with van der Waals surface area (Å²) in [5.74, 6) is -0.801. The maximum Gasteiger partial charge on any atom is 0.323 e. The molecule has 0 radical (unpaired) electrons. The number of hydrogen-bond donors (Lipinski definition) is 3. The van der Waals surface area contributed by atoms with Gasteiger partial charge in [-0.3, -0.25) is 14.5 Å². The van der Waals surface area contributed by atoms with Crippen molar-refractivity contribution in [2.24, 2.45) is 5.73 Å². The van der Waals surface area contributed by atoms with Gasteiger partial charge < -0.3 is 21.3 Å². The first-order valence-electron chi connectivity index (χ1n) is 10.2. The Morgan fingerprint density at radius 1 is 1.03 bits per heavy atom. The van der Waals surface area contributed by atoms with Gasteiger partial charge in [0.15, 0.2) is 6.17 Å². The molecule has 1 atom stereocenters. The number of hydrogen-bond acceptors (Lipinski definition) is 4. The number of aryl methyl sites for hydroxylation is 1. The molecule has 1 aliphatic heterocycles. The zero-order valence-electron chi connectivity index (χ0n) is 17.6. The van der Waals surface area contributed by atoms with Crippen LogP contribution in [0.3, 0.4) is 0 Å². The van der Waals surface area contributed by atoms with Crippen molar-refractivity contribution in [1.29, 1.82) is 0 Å². The molecule has 1 saturated heterocycles. The number of halogens is 2. The molecule has 0 aromatic heterocycles. The van der Waals surface area contributed by atoms with E-state index in [4.69, 9.17) is 28.9 Å². The number of benzene rings is 2. The molecule has 8 nitrogen and oxygen atoms in total. The summed E-state index contributed by atoms with van der Waals surface area (Å²) in [6.07, 6.45) is -0.598. The minimum Gasteiger partial charge on any atom is -0.351 e. The number of nitrogens with one attached hydrogen (secondary N) is 2. The normalized spacial score (nSPS) is 15.9. The fourth-order valence-corrected chi connectivity index (χ4v) is 3.75. The van der Waals surface area contributed by atoms with E-state index in [0.717, 1.165) is 5.56 Å². The Balaban J connectivity index is 1.87. The lowest BCUT2D eigenvalue weighted by atomic mass is 10.1. The zero-order valence-corrected chi connectivity index (χ0v) is 19.1. The maximum absolute atomic E-state index is 13.2. The van der Waals surface area contributed by atoms with Crippen LogP contribution in [-0.4, -0.2) is 60.0 Å². The molecule has 1 aliphatic rings. The van der Waals surface area contributed by atoms with E-state index in [9.17, 15) is 14.4 Å². The lowest BCUT2D eigenvalue weighted by molar-refractivity contribution is -0.132. The van der Waals surface area contributed by atoms with Gasteiger partial charge >= 0.3 is 6.03 Å². The van der Waals surface area contributed by atoms with Gasteiger partial charge in [0.1, 0.15) is 0 Å². The number of nitrogens with zero attached hydrogens (tertiary/aromatic N) is 2. The first-order chi connectivity index (χ1) is 15.3. The highest BCUT2D eigenvalue weighted by Crippen LogP contribution is 2.26. The average Bonchev–Trinajstić information content (AvgIpc) is 2.79. The van der Waals surface area contributed by atoms with Crippen LogP contribution in [-0.2, 0) is 4.79 Å². The molecule has 1 fully saturated rings. The summed E-state index contributed by atoms with van der Waals surface area (Å²) in [6, 6.07) is 11.2. The smallest absolute Gasteiger partial charge is 0.323 e. The number of carbonyl (C=O) groups is 3. The standard InChI is InChI=1S/C22H25Cl2N5O3/c1-14-3-5-15(6-4-14)21(31)28-11-2-12-29(20(28)19(30)26-10-9-25)22(32)27-16-7-8-17(23)18(24)13-16/h3-8,13,20H,2,9-12,25H2,1H3,(H,26,30)(H,27,32). The van der Waals surface area contributed by atoms with E-state index >= 15 is 0 Å². The zero-order chi connectivity index (χ0) is 23.3. The van der Waals surface area contributed by atoms with Crippen molar-refractivity contribution in [3.8, 4) is 0 Å². The third kappa shape index (κ3) is 5.51. The molecule has 32 heavy (non-hydrogen) atoms. The van der Waals surface area contributed by atoms with Gasteiger partial charge in [-0.2, -0.15) is 0 Å². The molecule has 0 saturated carbocycles. The Bertz CT molecular complexity index is 1000. The fourth-order valence-electron chi connectivity index (χ4n) is 3.45. The molecule has 0 spiro atoms. The molecule has 4 N–H and O–H groups in total. The highest BCUT2D eigenvalue weighted by molar-refractivity contribution is 6.42. The Hall–Kier alpha value is -2.81. The van der Waals surface area contributed by atoms with Crippen LogP contribution < -0.4 is 16.4 Å². The quantitative estimate of drug-likeness (QED) is 0.614. The van der Waals surface area contributed by atoms with Crippen LogP contribution in [0.15, 0.2) is 42.5 Å². The van der Waals surface area contributed by atoms with Crippen molar-refractivity contribution in [2.45, 2.75) is 19.5 Å². The summed E-state index contributed by atoms with van der Waals surface area (Å²) in [7, 11) is 0. The molecule has 170 valence electrons. The van der Waals surface area contributed by atoms with E-state index in [1.54, 1.807) is 24.3 Å². The summed E-state index contributed by atoms with van der Waals surface area (Å²) in [4.78, 5) is 42.1. The predicted octanol–water partition coefficient (Wildman–Crippen LogP) is 3.08. The van der Waals surface area contributed by atoms with Gasteiger partial charge in [-0.25, -0.2) is 4.79 Å². The Kier molecular flexibility index (Phi) is 7.95. The fraction of sp³-hybridized carbons (Fsp3) is 0.318. The van der Waals surface area contributed by atoms with E-state index < -0.39 is 18.1 Å². The number of amides is 4. The van der Waals surface area contributed by atoms with Gasteiger partial charge in [0.2, 0.25) is 0 Å². The third-order valence-corrected chi connectivity index (χ3v) is 5.80. The topological polar surface area (TPSA) is 108 Å². The number of carbonyl (C=O) groups excluding carboxylic acids is 3. The van der Waals surface area contributed by atoms with Crippen LogP contribution in [0.1, 0.15) is 22.3 Å². The first kappa shape index (κ1) is 23.8. The van der Waals surface area contributed by atoms with Crippen LogP contribution >= 0.6 is 23.2 Å². The monoisotopic (exact) mass is 477 g/mol. The highest BCUT2D eigenvalue weighted by atomic mass is 35.5. The summed E-state index contributed by atoms with van der Waals surface area (Å²) in [5, 5.41) is 6.07. The second-order valence-electron chi connectivity index (χ2n) is 7.42. The van der Waals surface area contributed by atoms with Gasteiger partial charge in [-0.1, -0.05) is 40.9 Å². The molecular formula is C22H25Cl2N5O3. The summed E-state index contributed by atoms with van der Waals surface area (Å²) < 4.78 is 0. The van der Waals surface area contributed by atoms with Crippen LogP contribution in [0.25, 0.3) is 0 Å². The van der Waals surface area contributed by atoms with E-state index in [-0.39, 0.29) is 24.0 Å². The lowest BCUT2D eigenvalue weighted by Gasteiger charge is -2.42. The van der Waals surface area contributed by atoms with Crippen molar-refractivity contribution in [3.63, 3.8) is 0 Å². The van der Waals surface area contributed by atoms with Gasteiger partial charge in [-0.15, -0.1) is 0 Å². The molecule has 0 bridgehead atoms. The van der Waals surface area contributed by atoms with Crippen molar-refractivity contribution in [2.75, 3.05) is 31.5 Å². The molecule has 2 aromatic carbocycles. The summed E-state index contributed by atoms with van der Waals surface area (Å²) >= 11 is 12.0. The van der Waals surface area contributed by atoms with E-state index in [0.29, 0.717) is 35.8 Å². The number of rotatable bonds is 5. The Morgan fingerprint density at radius 2 is 1.72 bits per heavy atom. The molecule has 0 aliphatic carbocycles. The molecule has 2 aromatic rings. The van der Waals surface area contributed by atoms with Crippen LogP contribution in [0.5, 0.6) is 0 Å². The first-order valence-corrected chi connectivity index (χ1v) is 11.0. The SMILES string of the molecule is Cc1ccc(C(=O)N2CCCN(C(=O)Nc3ccc(Cl)c(Cl)c3)C2C(=O)NCCN)cc1. The van der Waals surface area contributed by atoms with E-state index in [1.807, 2.05) is 19.1 Å². The minimum absolute atomic E-state index is 0.226. The second-order valence-corrected chi connectivity index (χ2v) is 8.24. The van der Waals surface area contributed by atoms with Crippen LogP contribution in [0.2, 0.25) is 10.0 Å². The second kappa shape index (κ2) is 10.7. The number of urea groups is 1. The number of anilines is 1. The van der Waals surface area contributed by atoms with E-state index in [1.165, 1.54) is 15.9 Å². The van der Waals surface area contributed by atoms with E-state index in [2.05, 4.69) is 10.6 Å². The van der Waals surface area contributed by atoms with Gasteiger partial charge in [-0.05, 0) is 43.7 Å².